The molecule has 0 radical (unpaired) electrons. The van der Waals surface area contributed by atoms with Crippen LogP contribution in [-0.4, -0.2) is 52.2 Å². The van der Waals surface area contributed by atoms with Crippen molar-refractivity contribution in [3.8, 4) is 0 Å². The summed E-state index contributed by atoms with van der Waals surface area (Å²) in [6.45, 7) is 4.89. The minimum atomic E-state index is -0.910. The van der Waals surface area contributed by atoms with Crippen molar-refractivity contribution < 1.29 is 9.90 Å². The molecule has 3 heterocycles. The van der Waals surface area contributed by atoms with Gasteiger partial charge < -0.3 is 14.9 Å². The molecule has 1 aliphatic rings. The van der Waals surface area contributed by atoms with E-state index in [1.54, 1.807) is 25.4 Å². The molecule has 0 saturated carbocycles. The summed E-state index contributed by atoms with van der Waals surface area (Å²) in [6, 6.07) is 1.80. The van der Waals surface area contributed by atoms with Crippen LogP contribution >= 0.6 is 11.3 Å². The number of carboxylic acid groups (broad SMARTS) is 1. The molecule has 2 aromatic heterocycles. The molecule has 0 aliphatic carbocycles. The fraction of sp³-hybridized carbons (Fsp3) is 0.385. The van der Waals surface area contributed by atoms with E-state index in [2.05, 4.69) is 24.8 Å². The molecule has 21 heavy (non-hydrogen) atoms. The number of carbonyl (C=O) groups is 1. The number of carboxylic acids is 1. The number of piperazine rings is 1. The summed E-state index contributed by atoms with van der Waals surface area (Å²) in [5.74, 6) is -0.175. The van der Waals surface area contributed by atoms with Gasteiger partial charge in [0.05, 0.1) is 5.69 Å². The minimum absolute atomic E-state index is 0.318. The molecular formula is C13H15N5O2S. The van der Waals surface area contributed by atoms with E-state index in [-0.39, 0.29) is 0 Å². The fourth-order valence-corrected chi connectivity index (χ4v) is 3.23. The monoisotopic (exact) mass is 305 g/mol. The molecule has 0 bridgehead atoms. The Morgan fingerprint density at radius 3 is 2.38 bits per heavy atom. The lowest BCUT2D eigenvalue weighted by Crippen LogP contribution is -2.47. The van der Waals surface area contributed by atoms with Crippen molar-refractivity contribution in [3.63, 3.8) is 0 Å². The van der Waals surface area contributed by atoms with Gasteiger partial charge in [-0.15, -0.1) is 0 Å². The molecule has 1 fully saturated rings. The Balaban J connectivity index is 1.68. The number of hydrogen-bond donors (Lipinski definition) is 1. The zero-order valence-corrected chi connectivity index (χ0v) is 12.4. The van der Waals surface area contributed by atoms with Crippen LogP contribution in [0.4, 0.5) is 11.1 Å². The number of hydrogen-bond acceptors (Lipinski definition) is 7. The van der Waals surface area contributed by atoms with Gasteiger partial charge in [-0.1, -0.05) is 11.3 Å². The Bertz CT molecular complexity index is 637. The Kier molecular flexibility index (Phi) is 3.70. The van der Waals surface area contributed by atoms with Crippen molar-refractivity contribution in [2.45, 2.75) is 6.92 Å². The highest BCUT2D eigenvalue weighted by Crippen LogP contribution is 2.27. The van der Waals surface area contributed by atoms with Crippen molar-refractivity contribution in [2.24, 2.45) is 0 Å². The zero-order valence-electron chi connectivity index (χ0n) is 11.6. The molecule has 0 aromatic carbocycles. The third-order valence-corrected chi connectivity index (χ3v) is 4.57. The maximum Gasteiger partial charge on any atom is 0.347 e. The van der Waals surface area contributed by atoms with Crippen LogP contribution < -0.4 is 9.80 Å². The second kappa shape index (κ2) is 5.65. The Morgan fingerprint density at radius 1 is 1.19 bits per heavy atom. The van der Waals surface area contributed by atoms with Gasteiger partial charge in [-0.3, -0.25) is 0 Å². The van der Waals surface area contributed by atoms with E-state index >= 15 is 0 Å². The predicted molar refractivity (Wildman–Crippen MR) is 80.3 cm³/mol. The van der Waals surface area contributed by atoms with Crippen molar-refractivity contribution in [1.82, 2.24) is 15.0 Å². The first-order valence-corrected chi connectivity index (χ1v) is 7.44. The van der Waals surface area contributed by atoms with Crippen LogP contribution in [0, 0.1) is 6.92 Å². The van der Waals surface area contributed by atoms with Gasteiger partial charge in [0.2, 0.25) is 5.95 Å². The number of aromatic nitrogens is 3. The first-order chi connectivity index (χ1) is 10.1. The Labute approximate surface area is 125 Å². The van der Waals surface area contributed by atoms with Gasteiger partial charge in [-0.2, -0.15) is 0 Å². The smallest absolute Gasteiger partial charge is 0.347 e. The first kappa shape index (κ1) is 13.7. The van der Waals surface area contributed by atoms with Gasteiger partial charge in [0, 0.05) is 38.6 Å². The number of aryl methyl sites for hydroxylation is 1. The molecule has 3 rings (SSSR count). The second-order valence-corrected chi connectivity index (χ2v) is 5.72. The molecule has 1 N–H and O–H groups in total. The van der Waals surface area contributed by atoms with E-state index in [1.807, 2.05) is 0 Å². The van der Waals surface area contributed by atoms with Gasteiger partial charge in [-0.05, 0) is 13.0 Å². The van der Waals surface area contributed by atoms with Crippen LogP contribution in [-0.2, 0) is 0 Å². The summed E-state index contributed by atoms with van der Waals surface area (Å²) in [4.78, 5) is 28.5. The van der Waals surface area contributed by atoms with Gasteiger partial charge in [0.25, 0.3) is 0 Å². The van der Waals surface area contributed by atoms with E-state index < -0.39 is 5.97 Å². The number of rotatable bonds is 3. The van der Waals surface area contributed by atoms with Crippen molar-refractivity contribution in [3.05, 3.63) is 29.0 Å². The molecule has 8 heteroatoms. The third kappa shape index (κ3) is 2.80. The highest BCUT2D eigenvalue weighted by atomic mass is 32.1. The van der Waals surface area contributed by atoms with Gasteiger partial charge in [0.1, 0.15) is 4.88 Å². The maximum absolute atomic E-state index is 11.1. The van der Waals surface area contributed by atoms with E-state index in [0.717, 1.165) is 37.3 Å². The van der Waals surface area contributed by atoms with E-state index in [1.165, 1.54) is 11.3 Å². The average Bonchev–Trinajstić information content (AvgIpc) is 2.90. The van der Waals surface area contributed by atoms with Crippen LogP contribution in [0.25, 0.3) is 0 Å². The molecule has 1 saturated heterocycles. The van der Waals surface area contributed by atoms with Crippen LogP contribution in [0.3, 0.4) is 0 Å². The summed E-state index contributed by atoms with van der Waals surface area (Å²) in [7, 11) is 0. The third-order valence-electron chi connectivity index (χ3n) is 3.36. The SMILES string of the molecule is Cc1nc(N2CCN(c3ncccn3)CC2)sc1C(=O)O. The fourth-order valence-electron chi connectivity index (χ4n) is 2.27. The topological polar surface area (TPSA) is 82.5 Å². The first-order valence-electron chi connectivity index (χ1n) is 6.63. The number of nitrogens with zero attached hydrogens (tertiary/aromatic N) is 5. The molecule has 0 amide bonds. The normalized spacial score (nSPS) is 15.3. The van der Waals surface area contributed by atoms with Gasteiger partial charge >= 0.3 is 5.97 Å². The van der Waals surface area contributed by atoms with Gasteiger partial charge in [0.15, 0.2) is 5.13 Å². The van der Waals surface area contributed by atoms with Crippen LogP contribution in [0.1, 0.15) is 15.4 Å². The Morgan fingerprint density at radius 2 is 1.81 bits per heavy atom. The lowest BCUT2D eigenvalue weighted by molar-refractivity contribution is 0.0701. The van der Waals surface area contributed by atoms with Gasteiger partial charge in [-0.25, -0.2) is 19.7 Å². The van der Waals surface area contributed by atoms with E-state index in [9.17, 15) is 4.79 Å². The summed E-state index contributed by atoms with van der Waals surface area (Å²) >= 11 is 1.24. The zero-order chi connectivity index (χ0) is 14.8. The molecule has 0 spiro atoms. The average molecular weight is 305 g/mol. The van der Waals surface area contributed by atoms with Crippen molar-refractivity contribution in [1.29, 1.82) is 0 Å². The standard InChI is InChI=1S/C13H15N5O2S/c1-9-10(11(19)20)21-13(16-9)18-7-5-17(6-8-18)12-14-3-2-4-15-12/h2-4H,5-8H2,1H3,(H,19,20). The quantitative estimate of drug-likeness (QED) is 0.914. The second-order valence-electron chi connectivity index (χ2n) is 4.74. The summed E-state index contributed by atoms with van der Waals surface area (Å²) < 4.78 is 0. The summed E-state index contributed by atoms with van der Waals surface area (Å²) in [6.07, 6.45) is 3.47. The van der Waals surface area contributed by atoms with Crippen molar-refractivity contribution >= 4 is 28.4 Å². The molecule has 2 aromatic rings. The van der Waals surface area contributed by atoms with E-state index in [4.69, 9.17) is 5.11 Å². The Hall–Kier alpha value is -2.22. The largest absolute Gasteiger partial charge is 0.477 e. The number of anilines is 2. The number of thiazole rings is 1. The van der Waals surface area contributed by atoms with Crippen LogP contribution in [0.15, 0.2) is 18.5 Å². The summed E-state index contributed by atoms with van der Waals surface area (Å²) in [5, 5.41) is 9.87. The van der Waals surface area contributed by atoms with E-state index in [0.29, 0.717) is 10.6 Å². The molecule has 7 nitrogen and oxygen atoms in total. The molecule has 110 valence electrons. The van der Waals surface area contributed by atoms with Crippen LogP contribution in [0.2, 0.25) is 0 Å². The molecule has 1 aliphatic heterocycles. The van der Waals surface area contributed by atoms with Crippen LogP contribution in [0.5, 0.6) is 0 Å². The lowest BCUT2D eigenvalue weighted by Gasteiger charge is -2.34. The summed E-state index contributed by atoms with van der Waals surface area (Å²) in [5.41, 5.74) is 0.580. The molecular weight excluding hydrogens is 290 g/mol. The molecule has 0 atom stereocenters. The highest BCUT2D eigenvalue weighted by Gasteiger charge is 2.23. The lowest BCUT2D eigenvalue weighted by atomic mass is 10.3. The predicted octanol–water partition coefficient (Wildman–Crippen LogP) is 1.27. The van der Waals surface area contributed by atoms with Crippen molar-refractivity contribution in [2.75, 3.05) is 36.0 Å². The maximum atomic E-state index is 11.1. The highest BCUT2D eigenvalue weighted by molar-refractivity contribution is 7.17. The molecule has 0 unspecified atom stereocenters. The minimum Gasteiger partial charge on any atom is -0.477 e. The number of aromatic carboxylic acids is 1.